The van der Waals surface area contributed by atoms with Crippen molar-refractivity contribution in [2.45, 2.75) is 39.7 Å². The Hall–Kier alpha value is -1.55. The van der Waals surface area contributed by atoms with Gasteiger partial charge in [-0.2, -0.15) is 0 Å². The lowest BCUT2D eigenvalue weighted by molar-refractivity contribution is 0.193. The second kappa shape index (κ2) is 5.61. The summed E-state index contributed by atoms with van der Waals surface area (Å²) in [6, 6.07) is 5.86. The standard InChI is InChI=1S/C15H23N3O/c1-4-5-15-17-12-8-11(16)6-7-13(12)18(15)14(9-19)10(2)3/h6-8,10,14,19H,4-5,9,16H2,1-3H3/t14-/m0/s1. The molecule has 2 rings (SSSR count). The van der Waals surface area contributed by atoms with Crippen LogP contribution in [0.5, 0.6) is 0 Å². The summed E-state index contributed by atoms with van der Waals surface area (Å²) in [5.41, 5.74) is 8.53. The molecule has 3 N–H and O–H groups in total. The first-order valence-corrected chi connectivity index (χ1v) is 6.95. The van der Waals surface area contributed by atoms with Gasteiger partial charge >= 0.3 is 0 Å². The van der Waals surface area contributed by atoms with Crippen LogP contribution in [0.1, 0.15) is 39.1 Å². The van der Waals surface area contributed by atoms with Crippen LogP contribution in [0.25, 0.3) is 11.0 Å². The molecule has 0 unspecified atom stereocenters. The smallest absolute Gasteiger partial charge is 0.110 e. The molecule has 0 saturated heterocycles. The minimum absolute atomic E-state index is 0.0650. The Balaban J connectivity index is 2.63. The Labute approximate surface area is 114 Å². The highest BCUT2D eigenvalue weighted by atomic mass is 16.3. The number of fused-ring (bicyclic) bond motifs is 1. The van der Waals surface area contributed by atoms with Gasteiger partial charge < -0.3 is 15.4 Å². The summed E-state index contributed by atoms with van der Waals surface area (Å²) in [7, 11) is 0. The van der Waals surface area contributed by atoms with E-state index in [1.807, 2.05) is 18.2 Å². The molecule has 0 amide bonds. The summed E-state index contributed by atoms with van der Waals surface area (Å²) >= 11 is 0. The maximum absolute atomic E-state index is 9.70. The molecule has 0 radical (unpaired) electrons. The van der Waals surface area contributed by atoms with Gasteiger partial charge in [0.2, 0.25) is 0 Å². The first kappa shape index (κ1) is 13.9. The lowest BCUT2D eigenvalue weighted by Gasteiger charge is -2.23. The molecule has 0 fully saturated rings. The zero-order valence-electron chi connectivity index (χ0n) is 11.9. The Morgan fingerprint density at radius 2 is 2.11 bits per heavy atom. The molecule has 0 spiro atoms. The van der Waals surface area contributed by atoms with Crippen LogP contribution in [0.3, 0.4) is 0 Å². The van der Waals surface area contributed by atoms with E-state index in [1.165, 1.54) is 0 Å². The fraction of sp³-hybridized carbons (Fsp3) is 0.533. The second-order valence-electron chi connectivity index (χ2n) is 5.39. The summed E-state index contributed by atoms with van der Waals surface area (Å²) in [6.45, 7) is 6.52. The number of hydrogen-bond acceptors (Lipinski definition) is 3. The SMILES string of the molecule is CCCc1nc2cc(N)ccc2n1[C@@H](CO)C(C)C. The van der Waals surface area contributed by atoms with E-state index in [-0.39, 0.29) is 12.6 Å². The molecule has 0 aliphatic carbocycles. The third-order valence-corrected chi connectivity index (χ3v) is 3.55. The maximum atomic E-state index is 9.70. The van der Waals surface area contributed by atoms with E-state index in [2.05, 4.69) is 30.3 Å². The Kier molecular flexibility index (Phi) is 4.10. The van der Waals surface area contributed by atoms with Crippen LogP contribution in [0.4, 0.5) is 5.69 Å². The Bertz CT molecular complexity index is 560. The van der Waals surface area contributed by atoms with E-state index in [0.29, 0.717) is 5.92 Å². The molecule has 1 aromatic heterocycles. The number of anilines is 1. The van der Waals surface area contributed by atoms with Crippen molar-refractivity contribution in [3.63, 3.8) is 0 Å². The molecular weight excluding hydrogens is 238 g/mol. The largest absolute Gasteiger partial charge is 0.399 e. The number of aliphatic hydroxyl groups is 1. The topological polar surface area (TPSA) is 64.1 Å². The van der Waals surface area contributed by atoms with Crippen LogP contribution in [0.15, 0.2) is 18.2 Å². The van der Waals surface area contributed by atoms with E-state index >= 15 is 0 Å². The zero-order valence-corrected chi connectivity index (χ0v) is 11.9. The number of benzene rings is 1. The third-order valence-electron chi connectivity index (χ3n) is 3.55. The van der Waals surface area contributed by atoms with Crippen molar-refractivity contribution < 1.29 is 5.11 Å². The number of nitrogen functional groups attached to an aromatic ring is 1. The lowest BCUT2D eigenvalue weighted by atomic mass is 10.0. The number of nitrogens with two attached hydrogens (primary N) is 1. The van der Waals surface area contributed by atoms with Gasteiger partial charge in [-0.25, -0.2) is 4.98 Å². The normalized spacial score (nSPS) is 13.3. The Morgan fingerprint density at radius 3 is 2.68 bits per heavy atom. The highest BCUT2D eigenvalue weighted by Crippen LogP contribution is 2.27. The number of hydrogen-bond donors (Lipinski definition) is 2. The average Bonchev–Trinajstić information content (AvgIpc) is 2.68. The molecule has 1 heterocycles. The zero-order chi connectivity index (χ0) is 14.0. The van der Waals surface area contributed by atoms with E-state index in [1.54, 1.807) is 0 Å². The first-order chi connectivity index (χ1) is 9.08. The molecule has 0 aliphatic heterocycles. The predicted octanol–water partition coefficient (Wildman–Crippen LogP) is 2.76. The van der Waals surface area contributed by atoms with Gasteiger partial charge in [0.05, 0.1) is 23.7 Å². The van der Waals surface area contributed by atoms with Gasteiger partial charge in [-0.1, -0.05) is 20.8 Å². The van der Waals surface area contributed by atoms with Crippen LogP contribution in [0, 0.1) is 5.92 Å². The van der Waals surface area contributed by atoms with Gasteiger partial charge in [-0.3, -0.25) is 0 Å². The van der Waals surface area contributed by atoms with Gasteiger partial charge in [0.15, 0.2) is 0 Å². The molecule has 1 aromatic carbocycles. The monoisotopic (exact) mass is 261 g/mol. The summed E-state index contributed by atoms with van der Waals surface area (Å²) < 4.78 is 2.18. The average molecular weight is 261 g/mol. The molecule has 1 atom stereocenters. The third kappa shape index (κ3) is 2.59. The van der Waals surface area contributed by atoms with E-state index in [9.17, 15) is 5.11 Å². The summed E-state index contributed by atoms with van der Waals surface area (Å²) in [6.07, 6.45) is 1.95. The van der Waals surface area contributed by atoms with Gasteiger partial charge in [0.25, 0.3) is 0 Å². The number of aromatic nitrogens is 2. The summed E-state index contributed by atoms with van der Waals surface area (Å²) in [5, 5.41) is 9.70. The van der Waals surface area contributed by atoms with Crippen LogP contribution in [-0.4, -0.2) is 21.3 Å². The van der Waals surface area contributed by atoms with Gasteiger partial charge in [0.1, 0.15) is 5.82 Å². The van der Waals surface area contributed by atoms with Crippen molar-refractivity contribution in [1.82, 2.24) is 9.55 Å². The van der Waals surface area contributed by atoms with Crippen LogP contribution < -0.4 is 5.73 Å². The van der Waals surface area contributed by atoms with Crippen molar-refractivity contribution >= 4 is 16.7 Å². The minimum atomic E-state index is 0.0650. The quantitative estimate of drug-likeness (QED) is 0.813. The second-order valence-corrected chi connectivity index (χ2v) is 5.39. The van der Waals surface area contributed by atoms with Crippen molar-refractivity contribution in [1.29, 1.82) is 0 Å². The highest BCUT2D eigenvalue weighted by molar-refractivity contribution is 5.79. The molecule has 4 nitrogen and oxygen atoms in total. The summed E-state index contributed by atoms with van der Waals surface area (Å²) in [4.78, 5) is 4.69. The van der Waals surface area contributed by atoms with Crippen LogP contribution in [0.2, 0.25) is 0 Å². The molecule has 0 aliphatic rings. The number of aliphatic hydroxyl groups excluding tert-OH is 1. The highest BCUT2D eigenvalue weighted by Gasteiger charge is 2.20. The van der Waals surface area contributed by atoms with Crippen molar-refractivity contribution in [2.24, 2.45) is 5.92 Å². The van der Waals surface area contributed by atoms with Crippen molar-refractivity contribution in [3.05, 3.63) is 24.0 Å². The first-order valence-electron chi connectivity index (χ1n) is 6.95. The fourth-order valence-corrected chi connectivity index (χ4v) is 2.53. The molecule has 104 valence electrons. The number of imidazole rings is 1. The number of nitrogens with zero attached hydrogens (tertiary/aromatic N) is 2. The van der Waals surface area contributed by atoms with Gasteiger partial charge in [-0.15, -0.1) is 0 Å². The number of rotatable bonds is 5. The molecule has 19 heavy (non-hydrogen) atoms. The molecular formula is C15H23N3O. The number of aryl methyl sites for hydroxylation is 1. The van der Waals surface area contributed by atoms with Crippen LogP contribution in [-0.2, 0) is 6.42 Å². The van der Waals surface area contributed by atoms with E-state index in [0.717, 1.165) is 35.4 Å². The molecule has 0 bridgehead atoms. The van der Waals surface area contributed by atoms with Gasteiger partial charge in [0, 0.05) is 12.1 Å². The lowest BCUT2D eigenvalue weighted by Crippen LogP contribution is -2.21. The van der Waals surface area contributed by atoms with Crippen molar-refractivity contribution in [3.8, 4) is 0 Å². The molecule has 4 heteroatoms. The summed E-state index contributed by atoms with van der Waals surface area (Å²) in [5.74, 6) is 1.39. The van der Waals surface area contributed by atoms with Crippen molar-refractivity contribution in [2.75, 3.05) is 12.3 Å². The molecule has 2 aromatic rings. The van der Waals surface area contributed by atoms with Gasteiger partial charge in [-0.05, 0) is 30.5 Å². The maximum Gasteiger partial charge on any atom is 0.110 e. The molecule has 0 saturated carbocycles. The Morgan fingerprint density at radius 1 is 1.37 bits per heavy atom. The van der Waals surface area contributed by atoms with Crippen LogP contribution >= 0.6 is 0 Å². The van der Waals surface area contributed by atoms with E-state index in [4.69, 9.17) is 5.73 Å². The van der Waals surface area contributed by atoms with E-state index < -0.39 is 0 Å². The minimum Gasteiger partial charge on any atom is -0.399 e. The fourth-order valence-electron chi connectivity index (χ4n) is 2.53. The predicted molar refractivity (Wildman–Crippen MR) is 79.1 cm³/mol.